The molecule has 0 aromatic rings. The molecule has 0 bridgehead atoms. The van der Waals surface area contributed by atoms with Crippen molar-refractivity contribution in [1.29, 1.82) is 0 Å². The molecule has 1 saturated heterocycles. The topological polar surface area (TPSA) is 38.3 Å². The smallest absolute Gasteiger partial charge is 0.147 e. The van der Waals surface area contributed by atoms with Gasteiger partial charge in [0, 0.05) is 6.42 Å². The maximum absolute atomic E-state index is 11.2. The summed E-state index contributed by atoms with van der Waals surface area (Å²) >= 11 is 0. The molecule has 3 nitrogen and oxygen atoms in total. The Labute approximate surface area is 91.6 Å². The Balaban J connectivity index is 2.03. The molecule has 0 radical (unpaired) electrons. The first kappa shape index (κ1) is 12.2. The van der Waals surface area contributed by atoms with E-state index in [-0.39, 0.29) is 5.78 Å². The molecule has 0 saturated carbocycles. The lowest BCUT2D eigenvalue weighted by molar-refractivity contribution is -0.119. The zero-order chi connectivity index (χ0) is 10.9. The SMILES string of the molecule is CC#CCC(=O)CCOC1CCNCC1. The van der Waals surface area contributed by atoms with E-state index in [1.54, 1.807) is 6.92 Å². The van der Waals surface area contributed by atoms with Crippen molar-refractivity contribution in [3.8, 4) is 11.8 Å². The summed E-state index contributed by atoms with van der Waals surface area (Å²) in [4.78, 5) is 11.2. The molecular formula is C12H19NO2. The molecule has 1 aliphatic rings. The third-order valence-corrected chi connectivity index (χ3v) is 2.48. The highest BCUT2D eigenvalue weighted by atomic mass is 16.5. The van der Waals surface area contributed by atoms with Crippen LogP contribution in [0.2, 0.25) is 0 Å². The second kappa shape index (κ2) is 7.44. The first-order chi connectivity index (χ1) is 7.33. The van der Waals surface area contributed by atoms with E-state index in [0.717, 1.165) is 25.9 Å². The second-order valence-corrected chi connectivity index (χ2v) is 3.71. The molecule has 1 heterocycles. The van der Waals surface area contributed by atoms with Crippen molar-refractivity contribution in [3.05, 3.63) is 0 Å². The van der Waals surface area contributed by atoms with E-state index in [2.05, 4.69) is 17.2 Å². The van der Waals surface area contributed by atoms with E-state index in [0.29, 0.717) is 25.6 Å². The molecule has 15 heavy (non-hydrogen) atoms. The van der Waals surface area contributed by atoms with Gasteiger partial charge in [0.2, 0.25) is 0 Å². The van der Waals surface area contributed by atoms with E-state index < -0.39 is 0 Å². The lowest BCUT2D eigenvalue weighted by Gasteiger charge is -2.22. The van der Waals surface area contributed by atoms with Crippen molar-refractivity contribution < 1.29 is 9.53 Å². The summed E-state index contributed by atoms with van der Waals surface area (Å²) in [5.41, 5.74) is 0. The Morgan fingerprint density at radius 2 is 2.20 bits per heavy atom. The van der Waals surface area contributed by atoms with Gasteiger partial charge in [-0.05, 0) is 32.9 Å². The first-order valence-electron chi connectivity index (χ1n) is 5.56. The van der Waals surface area contributed by atoms with Gasteiger partial charge in [0.15, 0.2) is 0 Å². The Bertz CT molecular complexity index is 246. The van der Waals surface area contributed by atoms with Gasteiger partial charge in [-0.15, -0.1) is 5.92 Å². The molecule has 1 aliphatic heterocycles. The summed E-state index contributed by atoms with van der Waals surface area (Å²) in [6.07, 6.45) is 3.33. The van der Waals surface area contributed by atoms with Gasteiger partial charge in [-0.1, -0.05) is 5.92 Å². The second-order valence-electron chi connectivity index (χ2n) is 3.71. The van der Waals surface area contributed by atoms with Gasteiger partial charge in [-0.2, -0.15) is 0 Å². The lowest BCUT2D eigenvalue weighted by atomic mass is 10.1. The predicted molar refractivity (Wildman–Crippen MR) is 59.5 cm³/mol. The van der Waals surface area contributed by atoms with Crippen molar-refractivity contribution in [1.82, 2.24) is 5.32 Å². The molecule has 0 unspecified atom stereocenters. The highest BCUT2D eigenvalue weighted by molar-refractivity contribution is 5.80. The summed E-state index contributed by atoms with van der Waals surface area (Å²) in [5.74, 6) is 5.67. The molecule has 1 rings (SSSR count). The average Bonchev–Trinajstić information content (AvgIpc) is 2.28. The molecule has 0 aliphatic carbocycles. The third kappa shape index (κ3) is 5.56. The van der Waals surface area contributed by atoms with E-state index >= 15 is 0 Å². The molecule has 0 aromatic heterocycles. The zero-order valence-electron chi connectivity index (χ0n) is 9.34. The van der Waals surface area contributed by atoms with E-state index in [9.17, 15) is 4.79 Å². The van der Waals surface area contributed by atoms with Crippen molar-refractivity contribution in [2.45, 2.75) is 38.7 Å². The Morgan fingerprint density at radius 3 is 2.87 bits per heavy atom. The Kier molecular flexibility index (Phi) is 6.06. The quantitative estimate of drug-likeness (QED) is 0.690. The van der Waals surface area contributed by atoms with Crippen LogP contribution >= 0.6 is 0 Å². The predicted octanol–water partition coefficient (Wildman–Crippen LogP) is 1.13. The minimum atomic E-state index is 0.179. The van der Waals surface area contributed by atoms with Crippen LogP contribution in [0, 0.1) is 11.8 Å². The third-order valence-electron chi connectivity index (χ3n) is 2.48. The molecule has 0 atom stereocenters. The summed E-state index contributed by atoms with van der Waals surface area (Å²) in [6.45, 7) is 4.35. The minimum Gasteiger partial charge on any atom is -0.378 e. The maximum Gasteiger partial charge on any atom is 0.147 e. The summed E-state index contributed by atoms with van der Waals surface area (Å²) in [7, 11) is 0. The van der Waals surface area contributed by atoms with E-state index in [4.69, 9.17) is 4.74 Å². The van der Waals surface area contributed by atoms with Crippen LogP contribution in [0.25, 0.3) is 0 Å². The number of hydrogen-bond acceptors (Lipinski definition) is 3. The van der Waals surface area contributed by atoms with E-state index in [1.807, 2.05) is 0 Å². The van der Waals surface area contributed by atoms with Gasteiger partial charge in [0.05, 0.1) is 19.1 Å². The van der Waals surface area contributed by atoms with Crippen LogP contribution in [-0.4, -0.2) is 31.6 Å². The van der Waals surface area contributed by atoms with Crippen LogP contribution in [-0.2, 0) is 9.53 Å². The zero-order valence-corrected chi connectivity index (χ0v) is 9.34. The highest BCUT2D eigenvalue weighted by Crippen LogP contribution is 2.07. The largest absolute Gasteiger partial charge is 0.378 e. The van der Waals surface area contributed by atoms with Crippen LogP contribution in [0.4, 0.5) is 0 Å². The van der Waals surface area contributed by atoms with Crippen LogP contribution in [0.15, 0.2) is 0 Å². The molecule has 0 spiro atoms. The number of hydrogen-bond donors (Lipinski definition) is 1. The number of carbonyl (C=O) groups is 1. The van der Waals surface area contributed by atoms with Crippen LogP contribution in [0.5, 0.6) is 0 Å². The molecule has 3 heteroatoms. The summed E-state index contributed by atoms with van der Waals surface area (Å²) in [5, 5.41) is 3.28. The van der Waals surface area contributed by atoms with Crippen LogP contribution < -0.4 is 5.32 Å². The Hall–Kier alpha value is -0.850. The molecule has 1 N–H and O–H groups in total. The first-order valence-corrected chi connectivity index (χ1v) is 5.56. The number of ketones is 1. The molecule has 0 aromatic carbocycles. The fourth-order valence-electron chi connectivity index (χ4n) is 1.58. The standard InChI is InChI=1S/C12H19NO2/c1-2-3-4-11(14)7-10-15-12-5-8-13-9-6-12/h12-13H,4-10H2,1H3. The van der Waals surface area contributed by atoms with Crippen molar-refractivity contribution in [2.75, 3.05) is 19.7 Å². The number of ether oxygens (including phenoxy) is 1. The van der Waals surface area contributed by atoms with Gasteiger partial charge >= 0.3 is 0 Å². The molecule has 84 valence electrons. The minimum absolute atomic E-state index is 0.179. The summed E-state index contributed by atoms with van der Waals surface area (Å²) in [6, 6.07) is 0. The van der Waals surface area contributed by atoms with Gasteiger partial charge in [-0.3, -0.25) is 4.79 Å². The number of rotatable bonds is 5. The number of nitrogens with one attached hydrogen (secondary N) is 1. The Morgan fingerprint density at radius 1 is 1.47 bits per heavy atom. The highest BCUT2D eigenvalue weighted by Gasteiger charge is 2.13. The average molecular weight is 209 g/mol. The van der Waals surface area contributed by atoms with Gasteiger partial charge < -0.3 is 10.1 Å². The maximum atomic E-state index is 11.2. The normalized spacial score (nSPS) is 16.9. The molecule has 1 fully saturated rings. The van der Waals surface area contributed by atoms with Crippen molar-refractivity contribution in [3.63, 3.8) is 0 Å². The number of Topliss-reactive ketones (excluding diaryl/α,β-unsaturated/α-hetero) is 1. The number of carbonyl (C=O) groups excluding carboxylic acids is 1. The molecule has 0 amide bonds. The lowest BCUT2D eigenvalue weighted by Crippen LogP contribution is -2.32. The fourth-order valence-corrected chi connectivity index (χ4v) is 1.58. The van der Waals surface area contributed by atoms with Gasteiger partial charge in [-0.25, -0.2) is 0 Å². The van der Waals surface area contributed by atoms with Gasteiger partial charge in [0.25, 0.3) is 0 Å². The van der Waals surface area contributed by atoms with Crippen LogP contribution in [0.3, 0.4) is 0 Å². The van der Waals surface area contributed by atoms with Crippen LogP contribution in [0.1, 0.15) is 32.6 Å². The van der Waals surface area contributed by atoms with Crippen molar-refractivity contribution in [2.24, 2.45) is 0 Å². The number of piperidine rings is 1. The van der Waals surface area contributed by atoms with Gasteiger partial charge in [0.1, 0.15) is 5.78 Å². The van der Waals surface area contributed by atoms with E-state index in [1.165, 1.54) is 0 Å². The molecular weight excluding hydrogens is 190 g/mol. The summed E-state index contributed by atoms with van der Waals surface area (Å²) < 4.78 is 5.62. The van der Waals surface area contributed by atoms with Crippen molar-refractivity contribution >= 4 is 5.78 Å². The fraction of sp³-hybridized carbons (Fsp3) is 0.750. The monoisotopic (exact) mass is 209 g/mol.